The summed E-state index contributed by atoms with van der Waals surface area (Å²) < 4.78 is 26.7. The van der Waals surface area contributed by atoms with Crippen LogP contribution in [0.5, 0.6) is 0 Å². The molecule has 0 heterocycles. The number of nitrogens with one attached hydrogen (secondary N) is 1. The number of sulfonamides is 1. The van der Waals surface area contributed by atoms with Crippen LogP contribution >= 0.6 is 11.6 Å². The second-order valence-corrected chi connectivity index (χ2v) is 6.47. The zero-order chi connectivity index (χ0) is 13.8. The van der Waals surface area contributed by atoms with E-state index >= 15 is 0 Å². The van der Waals surface area contributed by atoms with Crippen LogP contribution in [0, 0.1) is 0 Å². The Morgan fingerprint density at radius 2 is 2.11 bits per heavy atom. The van der Waals surface area contributed by atoms with Gasteiger partial charge in [0.15, 0.2) is 0 Å². The molecule has 0 aliphatic heterocycles. The van der Waals surface area contributed by atoms with Gasteiger partial charge in [-0.1, -0.05) is 31.4 Å². The second-order valence-electron chi connectivity index (χ2n) is 4.35. The molecule has 102 valence electrons. The summed E-state index contributed by atoms with van der Waals surface area (Å²) in [6.07, 6.45) is 2.85. The maximum Gasteiger partial charge on any atom is 0.240 e. The van der Waals surface area contributed by atoms with E-state index in [0.717, 1.165) is 19.3 Å². The summed E-state index contributed by atoms with van der Waals surface area (Å²) >= 11 is 5.76. The monoisotopic (exact) mass is 290 g/mol. The minimum Gasteiger partial charge on any atom is -0.397 e. The minimum atomic E-state index is -3.52. The van der Waals surface area contributed by atoms with E-state index in [-0.39, 0.29) is 16.6 Å². The number of anilines is 1. The Balaban J connectivity index is 2.83. The molecule has 1 aromatic carbocycles. The van der Waals surface area contributed by atoms with Gasteiger partial charge < -0.3 is 5.73 Å². The van der Waals surface area contributed by atoms with E-state index in [9.17, 15) is 8.42 Å². The Bertz CT molecular complexity index is 503. The Labute approximate surface area is 114 Å². The lowest BCUT2D eigenvalue weighted by atomic mass is 10.2. The highest BCUT2D eigenvalue weighted by atomic mass is 35.5. The van der Waals surface area contributed by atoms with Crippen LogP contribution in [0.3, 0.4) is 0 Å². The van der Waals surface area contributed by atoms with Crippen molar-refractivity contribution < 1.29 is 8.42 Å². The molecule has 18 heavy (non-hydrogen) atoms. The first kappa shape index (κ1) is 15.3. The van der Waals surface area contributed by atoms with Gasteiger partial charge in [0.05, 0.1) is 15.6 Å². The highest BCUT2D eigenvalue weighted by Gasteiger charge is 2.17. The molecular weight excluding hydrogens is 272 g/mol. The van der Waals surface area contributed by atoms with Gasteiger partial charge in [-0.3, -0.25) is 0 Å². The molecule has 0 fully saturated rings. The lowest BCUT2D eigenvalue weighted by molar-refractivity contribution is 0.534. The molecule has 0 radical (unpaired) electrons. The summed E-state index contributed by atoms with van der Waals surface area (Å²) in [6, 6.07) is 4.22. The van der Waals surface area contributed by atoms with Gasteiger partial charge in [0.25, 0.3) is 0 Å². The molecule has 4 nitrogen and oxygen atoms in total. The quantitative estimate of drug-likeness (QED) is 0.791. The van der Waals surface area contributed by atoms with Crippen LogP contribution in [-0.2, 0) is 10.0 Å². The van der Waals surface area contributed by atoms with E-state index in [1.54, 1.807) is 0 Å². The van der Waals surface area contributed by atoms with Gasteiger partial charge >= 0.3 is 0 Å². The number of nitrogen functional groups attached to an aromatic ring is 1. The van der Waals surface area contributed by atoms with Crippen molar-refractivity contribution in [2.75, 3.05) is 5.73 Å². The number of halogens is 1. The van der Waals surface area contributed by atoms with Crippen molar-refractivity contribution in [3.05, 3.63) is 23.2 Å². The van der Waals surface area contributed by atoms with Crippen LogP contribution in [0.15, 0.2) is 23.1 Å². The molecule has 0 saturated heterocycles. The van der Waals surface area contributed by atoms with E-state index < -0.39 is 10.0 Å². The highest BCUT2D eigenvalue weighted by molar-refractivity contribution is 7.89. The minimum absolute atomic E-state index is 0.0909. The van der Waals surface area contributed by atoms with E-state index in [0.29, 0.717) is 5.02 Å². The number of rotatable bonds is 6. The molecule has 1 rings (SSSR count). The molecule has 0 aromatic heterocycles. The average Bonchev–Trinajstić information content (AvgIpc) is 2.29. The van der Waals surface area contributed by atoms with Crippen LogP contribution in [0.25, 0.3) is 0 Å². The summed E-state index contributed by atoms with van der Waals surface area (Å²) in [5.74, 6) is 0. The smallest absolute Gasteiger partial charge is 0.240 e. The average molecular weight is 291 g/mol. The standard InChI is InChI=1S/C12H19ClN2O2S/c1-3-4-5-9(2)15-18(16,17)10-6-7-11(13)12(14)8-10/h6-9,15H,3-5,14H2,1-2H3. The molecule has 1 atom stereocenters. The van der Waals surface area contributed by atoms with Gasteiger partial charge in [0, 0.05) is 6.04 Å². The van der Waals surface area contributed by atoms with Crippen molar-refractivity contribution >= 4 is 27.3 Å². The molecule has 1 unspecified atom stereocenters. The SMILES string of the molecule is CCCCC(C)NS(=O)(=O)c1ccc(Cl)c(N)c1. The third kappa shape index (κ3) is 4.15. The van der Waals surface area contributed by atoms with Gasteiger partial charge in [-0.15, -0.1) is 0 Å². The normalized spacial score (nSPS) is 13.5. The number of hydrogen-bond donors (Lipinski definition) is 2. The summed E-state index contributed by atoms with van der Waals surface area (Å²) in [4.78, 5) is 0.146. The van der Waals surface area contributed by atoms with Gasteiger partial charge in [-0.2, -0.15) is 0 Å². The first-order valence-electron chi connectivity index (χ1n) is 5.94. The van der Waals surface area contributed by atoms with Crippen LogP contribution in [0.4, 0.5) is 5.69 Å². The van der Waals surface area contributed by atoms with E-state index in [4.69, 9.17) is 17.3 Å². The van der Waals surface area contributed by atoms with Gasteiger partial charge in [0.2, 0.25) is 10.0 Å². The largest absolute Gasteiger partial charge is 0.397 e. The predicted molar refractivity (Wildman–Crippen MR) is 75.2 cm³/mol. The molecule has 0 spiro atoms. The third-order valence-electron chi connectivity index (χ3n) is 2.62. The fraction of sp³-hybridized carbons (Fsp3) is 0.500. The van der Waals surface area contributed by atoms with Crippen LogP contribution < -0.4 is 10.5 Å². The molecule has 0 aliphatic carbocycles. The Morgan fingerprint density at radius 3 is 2.67 bits per heavy atom. The van der Waals surface area contributed by atoms with E-state index in [1.165, 1.54) is 18.2 Å². The van der Waals surface area contributed by atoms with Crippen molar-refractivity contribution in [3.8, 4) is 0 Å². The van der Waals surface area contributed by atoms with Crippen molar-refractivity contribution in [2.45, 2.75) is 44.0 Å². The summed E-state index contributed by atoms with van der Waals surface area (Å²) in [6.45, 7) is 3.92. The van der Waals surface area contributed by atoms with Crippen molar-refractivity contribution in [1.82, 2.24) is 4.72 Å². The van der Waals surface area contributed by atoms with Crippen molar-refractivity contribution in [1.29, 1.82) is 0 Å². The molecular formula is C12H19ClN2O2S. The van der Waals surface area contributed by atoms with E-state index in [2.05, 4.69) is 11.6 Å². The molecule has 0 amide bonds. The fourth-order valence-corrected chi connectivity index (χ4v) is 3.02. The molecule has 0 aliphatic rings. The number of hydrogen-bond acceptors (Lipinski definition) is 3. The van der Waals surface area contributed by atoms with Gasteiger partial charge in [0.1, 0.15) is 0 Å². The van der Waals surface area contributed by atoms with Crippen LogP contribution in [0.1, 0.15) is 33.1 Å². The zero-order valence-electron chi connectivity index (χ0n) is 10.6. The number of benzene rings is 1. The predicted octanol–water partition coefficient (Wildman–Crippen LogP) is 2.78. The van der Waals surface area contributed by atoms with Crippen molar-refractivity contribution in [2.24, 2.45) is 0 Å². The Hall–Kier alpha value is -0.780. The fourth-order valence-electron chi connectivity index (χ4n) is 1.59. The van der Waals surface area contributed by atoms with E-state index in [1.807, 2.05) is 6.92 Å². The molecule has 0 saturated carbocycles. The van der Waals surface area contributed by atoms with Crippen molar-refractivity contribution in [3.63, 3.8) is 0 Å². The Kier molecular flexibility index (Phi) is 5.44. The summed E-state index contributed by atoms with van der Waals surface area (Å²) in [5, 5.41) is 0.355. The summed E-state index contributed by atoms with van der Waals surface area (Å²) in [5.41, 5.74) is 5.87. The lowest BCUT2D eigenvalue weighted by Gasteiger charge is -2.14. The van der Waals surface area contributed by atoms with Crippen LogP contribution in [-0.4, -0.2) is 14.5 Å². The number of unbranched alkanes of at least 4 members (excludes halogenated alkanes) is 1. The topological polar surface area (TPSA) is 72.2 Å². The highest BCUT2D eigenvalue weighted by Crippen LogP contribution is 2.22. The molecule has 6 heteroatoms. The zero-order valence-corrected chi connectivity index (χ0v) is 12.2. The maximum absolute atomic E-state index is 12.1. The van der Waals surface area contributed by atoms with Crippen LogP contribution in [0.2, 0.25) is 5.02 Å². The van der Waals surface area contributed by atoms with Gasteiger partial charge in [-0.25, -0.2) is 13.1 Å². The molecule has 3 N–H and O–H groups in total. The first-order chi connectivity index (χ1) is 8.36. The molecule has 0 bridgehead atoms. The number of nitrogens with two attached hydrogens (primary N) is 1. The lowest BCUT2D eigenvalue weighted by Crippen LogP contribution is -2.32. The maximum atomic E-state index is 12.1. The second kappa shape index (κ2) is 6.41. The first-order valence-corrected chi connectivity index (χ1v) is 7.80. The molecule has 1 aromatic rings. The third-order valence-corrected chi connectivity index (χ3v) is 4.56. The Morgan fingerprint density at radius 1 is 1.44 bits per heavy atom. The van der Waals surface area contributed by atoms with Gasteiger partial charge in [-0.05, 0) is 31.5 Å². The summed E-state index contributed by atoms with van der Waals surface area (Å²) in [7, 11) is -3.52.